The summed E-state index contributed by atoms with van der Waals surface area (Å²) in [6.07, 6.45) is 3.21. The maximum Gasteiger partial charge on any atom is 0.225 e. The predicted molar refractivity (Wildman–Crippen MR) is 81.0 cm³/mol. The molecule has 1 aliphatic rings. The second-order valence-electron chi connectivity index (χ2n) is 5.86. The van der Waals surface area contributed by atoms with Crippen LogP contribution in [0.5, 0.6) is 0 Å². The monoisotopic (exact) mass is 278 g/mol. The number of hydrogen-bond acceptors (Lipinski definition) is 5. The van der Waals surface area contributed by atoms with Crippen molar-refractivity contribution in [1.82, 2.24) is 15.3 Å². The van der Waals surface area contributed by atoms with Crippen LogP contribution in [0.4, 0.5) is 5.95 Å². The van der Waals surface area contributed by atoms with Crippen LogP contribution in [0.25, 0.3) is 0 Å². The van der Waals surface area contributed by atoms with E-state index in [0.29, 0.717) is 12.1 Å². The van der Waals surface area contributed by atoms with Crippen LogP contribution in [0, 0.1) is 6.92 Å². The molecule has 20 heavy (non-hydrogen) atoms. The van der Waals surface area contributed by atoms with Gasteiger partial charge in [0.2, 0.25) is 5.95 Å². The minimum Gasteiger partial charge on any atom is -0.376 e. The topological polar surface area (TPSA) is 50.3 Å². The fraction of sp³-hybridized carbons (Fsp3) is 0.733. The lowest BCUT2D eigenvalue weighted by molar-refractivity contribution is 0.118. The number of likely N-dealkylation sites (N-methyl/N-ethyl adjacent to an activating group) is 1. The Kier molecular flexibility index (Phi) is 4.94. The zero-order valence-corrected chi connectivity index (χ0v) is 13.2. The SMILES string of the molecule is Cc1nc(N(C)C2CCOC2C)ncc1CNC(C)C. The molecule has 1 aliphatic heterocycles. The molecule has 1 fully saturated rings. The molecule has 112 valence electrons. The molecular formula is C15H26N4O. The van der Waals surface area contributed by atoms with Crippen molar-refractivity contribution in [3.8, 4) is 0 Å². The summed E-state index contributed by atoms with van der Waals surface area (Å²) in [5.74, 6) is 0.790. The van der Waals surface area contributed by atoms with Crippen LogP contribution < -0.4 is 10.2 Å². The first kappa shape index (κ1) is 15.2. The zero-order chi connectivity index (χ0) is 14.7. The van der Waals surface area contributed by atoms with E-state index in [2.05, 4.69) is 48.0 Å². The highest BCUT2D eigenvalue weighted by atomic mass is 16.5. The number of aryl methyl sites for hydroxylation is 1. The van der Waals surface area contributed by atoms with Gasteiger partial charge in [-0.2, -0.15) is 0 Å². The lowest BCUT2D eigenvalue weighted by atomic mass is 10.1. The molecule has 2 rings (SSSR count). The molecule has 0 bridgehead atoms. The normalized spacial score (nSPS) is 22.5. The molecule has 0 aromatic carbocycles. The average Bonchev–Trinajstić information content (AvgIpc) is 2.82. The Morgan fingerprint density at radius 3 is 2.80 bits per heavy atom. The number of anilines is 1. The Bertz CT molecular complexity index is 449. The van der Waals surface area contributed by atoms with Gasteiger partial charge in [-0.1, -0.05) is 13.8 Å². The van der Waals surface area contributed by atoms with Crippen LogP contribution in [0.3, 0.4) is 0 Å². The molecule has 1 saturated heterocycles. The second-order valence-corrected chi connectivity index (χ2v) is 5.86. The van der Waals surface area contributed by atoms with Gasteiger partial charge in [-0.25, -0.2) is 9.97 Å². The van der Waals surface area contributed by atoms with Crippen molar-refractivity contribution in [3.05, 3.63) is 17.5 Å². The van der Waals surface area contributed by atoms with Crippen molar-refractivity contribution in [2.45, 2.75) is 58.8 Å². The number of rotatable bonds is 5. The number of nitrogens with zero attached hydrogens (tertiary/aromatic N) is 3. The third kappa shape index (κ3) is 3.46. The van der Waals surface area contributed by atoms with Gasteiger partial charge in [0.15, 0.2) is 0 Å². The van der Waals surface area contributed by atoms with Gasteiger partial charge in [0.1, 0.15) is 0 Å². The van der Waals surface area contributed by atoms with Gasteiger partial charge >= 0.3 is 0 Å². The van der Waals surface area contributed by atoms with E-state index < -0.39 is 0 Å². The Morgan fingerprint density at radius 2 is 2.25 bits per heavy atom. The summed E-state index contributed by atoms with van der Waals surface area (Å²) >= 11 is 0. The summed E-state index contributed by atoms with van der Waals surface area (Å²) < 4.78 is 5.62. The third-order valence-corrected chi connectivity index (χ3v) is 3.92. The first-order chi connectivity index (χ1) is 9.49. The van der Waals surface area contributed by atoms with E-state index >= 15 is 0 Å². The molecule has 0 saturated carbocycles. The lowest BCUT2D eigenvalue weighted by Gasteiger charge is -2.27. The molecule has 0 amide bonds. The van der Waals surface area contributed by atoms with Crippen LogP contribution in [0.1, 0.15) is 38.4 Å². The van der Waals surface area contributed by atoms with Crippen LogP contribution in [0.15, 0.2) is 6.20 Å². The minimum absolute atomic E-state index is 0.242. The molecule has 2 unspecified atom stereocenters. The van der Waals surface area contributed by atoms with Gasteiger partial charge in [0, 0.05) is 43.7 Å². The quantitative estimate of drug-likeness (QED) is 0.891. The summed E-state index contributed by atoms with van der Waals surface area (Å²) in [6.45, 7) is 10.1. The van der Waals surface area contributed by atoms with Gasteiger partial charge < -0.3 is 15.0 Å². The summed E-state index contributed by atoms with van der Waals surface area (Å²) in [4.78, 5) is 11.3. The lowest BCUT2D eigenvalue weighted by Crippen LogP contribution is -2.38. The first-order valence-corrected chi connectivity index (χ1v) is 7.39. The highest BCUT2D eigenvalue weighted by molar-refractivity contribution is 5.34. The molecule has 0 radical (unpaired) electrons. The van der Waals surface area contributed by atoms with Gasteiger partial charge in [0.05, 0.1) is 12.1 Å². The van der Waals surface area contributed by atoms with Crippen LogP contribution in [-0.2, 0) is 11.3 Å². The molecule has 0 aliphatic carbocycles. The second kappa shape index (κ2) is 6.50. The molecule has 5 nitrogen and oxygen atoms in total. The average molecular weight is 278 g/mol. The summed E-state index contributed by atoms with van der Waals surface area (Å²) in [6, 6.07) is 0.835. The highest BCUT2D eigenvalue weighted by Crippen LogP contribution is 2.22. The van der Waals surface area contributed by atoms with E-state index in [1.54, 1.807) is 0 Å². The molecule has 1 aromatic heterocycles. The number of hydrogen-bond donors (Lipinski definition) is 1. The largest absolute Gasteiger partial charge is 0.376 e. The Labute approximate surface area is 121 Å². The van der Waals surface area contributed by atoms with Crippen molar-refractivity contribution in [3.63, 3.8) is 0 Å². The smallest absolute Gasteiger partial charge is 0.225 e. The third-order valence-electron chi connectivity index (χ3n) is 3.92. The molecule has 5 heteroatoms. The van der Waals surface area contributed by atoms with Crippen molar-refractivity contribution in [1.29, 1.82) is 0 Å². The van der Waals surface area contributed by atoms with Crippen molar-refractivity contribution in [2.24, 2.45) is 0 Å². The first-order valence-electron chi connectivity index (χ1n) is 7.39. The van der Waals surface area contributed by atoms with E-state index in [1.165, 1.54) is 0 Å². The molecule has 1 aromatic rings. The fourth-order valence-corrected chi connectivity index (χ4v) is 2.51. The van der Waals surface area contributed by atoms with Gasteiger partial charge in [0.25, 0.3) is 0 Å². The van der Waals surface area contributed by atoms with E-state index in [9.17, 15) is 0 Å². The summed E-state index contributed by atoms with van der Waals surface area (Å²) in [7, 11) is 2.05. The maximum absolute atomic E-state index is 5.62. The number of nitrogens with one attached hydrogen (secondary N) is 1. The molecular weight excluding hydrogens is 252 g/mol. The van der Waals surface area contributed by atoms with E-state index in [4.69, 9.17) is 4.74 Å². The van der Waals surface area contributed by atoms with Gasteiger partial charge in [-0.05, 0) is 20.3 Å². The van der Waals surface area contributed by atoms with Crippen molar-refractivity contribution >= 4 is 5.95 Å². The van der Waals surface area contributed by atoms with Crippen LogP contribution in [-0.4, -0.2) is 41.8 Å². The van der Waals surface area contributed by atoms with E-state index in [0.717, 1.165) is 36.8 Å². The zero-order valence-electron chi connectivity index (χ0n) is 13.2. The number of ether oxygens (including phenoxy) is 1. The Hall–Kier alpha value is -1.20. The van der Waals surface area contributed by atoms with Gasteiger partial charge in [-0.15, -0.1) is 0 Å². The Balaban J connectivity index is 2.08. The van der Waals surface area contributed by atoms with Crippen LogP contribution >= 0.6 is 0 Å². The van der Waals surface area contributed by atoms with Crippen molar-refractivity contribution in [2.75, 3.05) is 18.6 Å². The van der Waals surface area contributed by atoms with Gasteiger partial charge in [-0.3, -0.25) is 0 Å². The minimum atomic E-state index is 0.242. The standard InChI is InChI=1S/C15H26N4O/c1-10(2)16-8-13-9-17-15(18-11(13)3)19(5)14-6-7-20-12(14)4/h9-10,12,14,16H,6-8H2,1-5H3. The molecule has 1 N–H and O–H groups in total. The fourth-order valence-electron chi connectivity index (χ4n) is 2.51. The van der Waals surface area contributed by atoms with E-state index in [-0.39, 0.29) is 6.10 Å². The Morgan fingerprint density at radius 1 is 1.50 bits per heavy atom. The number of aromatic nitrogens is 2. The molecule has 2 heterocycles. The maximum atomic E-state index is 5.62. The predicted octanol–water partition coefficient (Wildman–Crippen LogP) is 1.90. The molecule has 2 atom stereocenters. The summed E-state index contributed by atoms with van der Waals surface area (Å²) in [5.41, 5.74) is 2.20. The summed E-state index contributed by atoms with van der Waals surface area (Å²) in [5, 5.41) is 3.40. The van der Waals surface area contributed by atoms with Crippen LogP contribution in [0.2, 0.25) is 0 Å². The van der Waals surface area contributed by atoms with Crippen molar-refractivity contribution < 1.29 is 4.74 Å². The highest BCUT2D eigenvalue weighted by Gasteiger charge is 2.29. The molecule has 0 spiro atoms. The van der Waals surface area contributed by atoms with E-state index in [1.807, 2.05) is 13.1 Å².